The van der Waals surface area contributed by atoms with Gasteiger partial charge in [-0.05, 0) is 56.0 Å². The molecule has 0 aliphatic carbocycles. The molecule has 2 atom stereocenters. The molecule has 1 aromatic carbocycles. The number of nitrogens with zero attached hydrogens (tertiary/aromatic N) is 3. The molecule has 4 rings (SSSR count). The Morgan fingerprint density at radius 2 is 2.10 bits per heavy atom. The number of benzene rings is 1. The fraction of sp³-hybridized carbons (Fsp3) is 0.292. The monoisotopic (exact) mass is 419 g/mol. The summed E-state index contributed by atoms with van der Waals surface area (Å²) in [5.74, 6) is -0.290. The number of likely N-dealkylation sites (tertiary alicyclic amines) is 1. The van der Waals surface area contributed by atoms with Gasteiger partial charge in [-0.3, -0.25) is 4.79 Å². The highest BCUT2D eigenvalue weighted by atomic mass is 19.1. The number of nitrogens with one attached hydrogen (secondary N) is 1. The topological polar surface area (TPSA) is 88.0 Å². The van der Waals surface area contributed by atoms with Gasteiger partial charge in [-0.15, -0.1) is 0 Å². The van der Waals surface area contributed by atoms with E-state index in [1.807, 2.05) is 31.3 Å². The zero-order chi connectivity index (χ0) is 22.0. The molecule has 3 aromatic rings. The molecule has 160 valence electrons. The van der Waals surface area contributed by atoms with Gasteiger partial charge in [0.25, 0.3) is 5.91 Å². The molecule has 2 unspecified atom stereocenters. The van der Waals surface area contributed by atoms with Crippen LogP contribution in [0.25, 0.3) is 16.6 Å². The van der Waals surface area contributed by atoms with Crippen LogP contribution in [0.5, 0.6) is 0 Å². The SMILES string of the molecule is CC1CC(Cn2ccc3nc(/C(C=N)=C/N)ccc32)CCN1C(=O)c1ccccc1F. The summed E-state index contributed by atoms with van der Waals surface area (Å²) in [4.78, 5) is 19.2. The minimum atomic E-state index is -0.469. The summed E-state index contributed by atoms with van der Waals surface area (Å²) in [7, 11) is 0. The van der Waals surface area contributed by atoms with Crippen molar-refractivity contribution in [2.75, 3.05) is 6.54 Å². The van der Waals surface area contributed by atoms with Gasteiger partial charge in [0.1, 0.15) is 5.82 Å². The summed E-state index contributed by atoms with van der Waals surface area (Å²) >= 11 is 0. The Hall–Kier alpha value is -3.48. The van der Waals surface area contributed by atoms with Crippen LogP contribution < -0.4 is 5.73 Å². The van der Waals surface area contributed by atoms with E-state index in [-0.39, 0.29) is 17.5 Å². The number of hydrogen-bond acceptors (Lipinski definition) is 4. The number of nitrogens with two attached hydrogens (primary N) is 1. The van der Waals surface area contributed by atoms with E-state index in [0.717, 1.165) is 30.4 Å². The summed E-state index contributed by atoms with van der Waals surface area (Å²) in [5.41, 5.74) is 8.86. The molecule has 6 nitrogen and oxygen atoms in total. The third kappa shape index (κ3) is 4.08. The smallest absolute Gasteiger partial charge is 0.257 e. The number of allylic oxidation sites excluding steroid dienone is 1. The van der Waals surface area contributed by atoms with Gasteiger partial charge < -0.3 is 20.6 Å². The predicted molar refractivity (Wildman–Crippen MR) is 120 cm³/mol. The average molecular weight is 420 g/mol. The quantitative estimate of drug-likeness (QED) is 0.611. The lowest BCUT2D eigenvalue weighted by molar-refractivity contribution is 0.0560. The zero-order valence-electron chi connectivity index (χ0n) is 17.5. The van der Waals surface area contributed by atoms with Crippen molar-refractivity contribution in [3.8, 4) is 0 Å². The third-order valence-corrected chi connectivity index (χ3v) is 6.06. The molecule has 2 aromatic heterocycles. The van der Waals surface area contributed by atoms with Gasteiger partial charge in [-0.1, -0.05) is 12.1 Å². The summed E-state index contributed by atoms with van der Waals surface area (Å²) in [6.45, 7) is 3.48. The second-order valence-corrected chi connectivity index (χ2v) is 8.05. The number of amides is 1. The highest BCUT2D eigenvalue weighted by Crippen LogP contribution is 2.28. The molecule has 1 aliphatic heterocycles. The van der Waals surface area contributed by atoms with Crippen molar-refractivity contribution in [2.45, 2.75) is 32.4 Å². The minimum Gasteiger partial charge on any atom is -0.404 e. The highest BCUT2D eigenvalue weighted by molar-refractivity contribution is 6.07. The van der Waals surface area contributed by atoms with Crippen LogP contribution in [0.15, 0.2) is 54.9 Å². The molecule has 1 fully saturated rings. The summed E-state index contributed by atoms with van der Waals surface area (Å²) < 4.78 is 16.2. The first kappa shape index (κ1) is 20.8. The molecule has 3 heterocycles. The largest absolute Gasteiger partial charge is 0.404 e. The molecular weight excluding hydrogens is 393 g/mol. The predicted octanol–water partition coefficient (Wildman–Crippen LogP) is 4.07. The van der Waals surface area contributed by atoms with Crippen LogP contribution in [-0.4, -0.2) is 39.2 Å². The van der Waals surface area contributed by atoms with Crippen LogP contribution in [0.4, 0.5) is 4.39 Å². The van der Waals surface area contributed by atoms with E-state index in [0.29, 0.717) is 23.7 Å². The van der Waals surface area contributed by atoms with Crippen LogP contribution in [0.2, 0.25) is 0 Å². The van der Waals surface area contributed by atoms with Crippen molar-refractivity contribution in [1.82, 2.24) is 14.5 Å². The molecule has 7 heteroatoms. The summed E-state index contributed by atoms with van der Waals surface area (Å²) in [5, 5.41) is 7.45. The zero-order valence-corrected chi connectivity index (χ0v) is 17.5. The lowest BCUT2D eigenvalue weighted by Gasteiger charge is -2.38. The molecule has 1 saturated heterocycles. The van der Waals surface area contributed by atoms with Crippen molar-refractivity contribution in [1.29, 1.82) is 5.41 Å². The standard InChI is InChI=1S/C24H26FN5O/c1-16-12-17(8-11-30(16)24(31)19-4-2-3-5-20(19)25)15-29-10-9-22-23(29)7-6-21(28-22)18(13-26)14-27/h2-7,9-10,13-14,16-17,26H,8,11-12,15,27H2,1H3/b18-14+,26-13?. The van der Waals surface area contributed by atoms with Gasteiger partial charge in [-0.2, -0.15) is 0 Å². The maximum Gasteiger partial charge on any atom is 0.257 e. The number of rotatable bonds is 5. The third-order valence-electron chi connectivity index (χ3n) is 6.06. The van der Waals surface area contributed by atoms with Crippen molar-refractivity contribution < 1.29 is 9.18 Å². The van der Waals surface area contributed by atoms with E-state index in [2.05, 4.69) is 9.55 Å². The lowest BCUT2D eigenvalue weighted by Crippen LogP contribution is -2.45. The van der Waals surface area contributed by atoms with Crippen LogP contribution in [-0.2, 0) is 6.54 Å². The van der Waals surface area contributed by atoms with Crippen molar-refractivity contribution in [3.05, 3.63) is 71.9 Å². The Balaban J connectivity index is 1.46. The fourth-order valence-corrected chi connectivity index (χ4v) is 4.41. The van der Waals surface area contributed by atoms with Gasteiger partial charge in [0.15, 0.2) is 0 Å². The van der Waals surface area contributed by atoms with E-state index >= 15 is 0 Å². The van der Waals surface area contributed by atoms with Gasteiger partial charge in [0.2, 0.25) is 0 Å². The molecule has 0 radical (unpaired) electrons. The van der Waals surface area contributed by atoms with Gasteiger partial charge in [0, 0.05) is 43.3 Å². The number of carbonyl (C=O) groups excluding carboxylic acids is 1. The van der Waals surface area contributed by atoms with E-state index in [1.54, 1.807) is 23.1 Å². The Labute approximate surface area is 180 Å². The Morgan fingerprint density at radius 1 is 1.29 bits per heavy atom. The normalized spacial score (nSPS) is 19.5. The second-order valence-electron chi connectivity index (χ2n) is 8.05. The van der Waals surface area contributed by atoms with E-state index < -0.39 is 5.82 Å². The average Bonchev–Trinajstić information content (AvgIpc) is 3.17. The van der Waals surface area contributed by atoms with Crippen molar-refractivity contribution >= 4 is 28.7 Å². The van der Waals surface area contributed by atoms with E-state index in [4.69, 9.17) is 11.1 Å². The molecule has 0 bridgehead atoms. The fourth-order valence-electron chi connectivity index (χ4n) is 4.41. The number of hydrogen-bond donors (Lipinski definition) is 2. The maximum atomic E-state index is 14.0. The number of piperidine rings is 1. The number of carbonyl (C=O) groups is 1. The number of pyridine rings is 1. The molecule has 3 N–H and O–H groups in total. The van der Waals surface area contributed by atoms with Gasteiger partial charge >= 0.3 is 0 Å². The number of halogens is 1. The first-order valence-corrected chi connectivity index (χ1v) is 10.5. The Morgan fingerprint density at radius 3 is 2.81 bits per heavy atom. The second kappa shape index (κ2) is 8.71. The summed E-state index contributed by atoms with van der Waals surface area (Å²) in [6.07, 6.45) is 6.33. The first-order chi connectivity index (χ1) is 15.0. The maximum absolute atomic E-state index is 14.0. The van der Waals surface area contributed by atoms with Crippen LogP contribution in [0, 0.1) is 17.1 Å². The summed E-state index contributed by atoms with van der Waals surface area (Å²) in [6, 6.07) is 12.1. The van der Waals surface area contributed by atoms with Crippen molar-refractivity contribution in [2.24, 2.45) is 11.7 Å². The Bertz CT molecular complexity index is 1150. The van der Waals surface area contributed by atoms with Gasteiger partial charge in [0.05, 0.1) is 22.3 Å². The molecule has 0 saturated carbocycles. The van der Waals surface area contributed by atoms with E-state index in [9.17, 15) is 9.18 Å². The minimum absolute atomic E-state index is 0.0438. The molecular formula is C24H26FN5O. The molecule has 31 heavy (non-hydrogen) atoms. The Kier molecular flexibility index (Phi) is 5.84. The van der Waals surface area contributed by atoms with Crippen molar-refractivity contribution in [3.63, 3.8) is 0 Å². The van der Waals surface area contributed by atoms with Crippen LogP contribution >= 0.6 is 0 Å². The van der Waals surface area contributed by atoms with Crippen LogP contribution in [0.1, 0.15) is 35.8 Å². The molecule has 1 aliphatic rings. The molecule has 0 spiro atoms. The number of fused-ring (bicyclic) bond motifs is 1. The van der Waals surface area contributed by atoms with Crippen LogP contribution in [0.3, 0.4) is 0 Å². The van der Waals surface area contributed by atoms with Gasteiger partial charge in [-0.25, -0.2) is 9.37 Å². The highest BCUT2D eigenvalue weighted by Gasteiger charge is 2.30. The lowest BCUT2D eigenvalue weighted by atomic mass is 9.91. The molecule has 1 amide bonds. The van der Waals surface area contributed by atoms with E-state index in [1.165, 1.54) is 18.5 Å². The first-order valence-electron chi connectivity index (χ1n) is 10.5. The number of aromatic nitrogens is 2.